The van der Waals surface area contributed by atoms with Crippen molar-refractivity contribution in [3.8, 4) is 0 Å². The molecule has 19 heavy (non-hydrogen) atoms. The number of anilines is 1. The first kappa shape index (κ1) is 14.4. The van der Waals surface area contributed by atoms with Crippen LogP contribution in [0.15, 0.2) is 46.9 Å². The van der Waals surface area contributed by atoms with Crippen LogP contribution < -0.4 is 5.32 Å². The molecule has 0 saturated heterocycles. The van der Waals surface area contributed by atoms with Crippen LogP contribution in [0.3, 0.4) is 0 Å². The second-order valence-electron chi connectivity index (χ2n) is 3.91. The van der Waals surface area contributed by atoms with Gasteiger partial charge in [-0.2, -0.15) is 0 Å². The number of nitrogens with one attached hydrogen (secondary N) is 1. The quantitative estimate of drug-likeness (QED) is 0.760. The fraction of sp³-hybridized carbons (Fsp3) is 0.0714. The molecule has 0 heterocycles. The lowest BCUT2D eigenvalue weighted by molar-refractivity contribution is 0.102. The number of carbonyl (C=O) groups excluding carboxylic acids is 1. The summed E-state index contributed by atoms with van der Waals surface area (Å²) in [4.78, 5) is 12.0. The molecule has 0 spiro atoms. The van der Waals surface area contributed by atoms with Crippen LogP contribution in [0.2, 0.25) is 5.02 Å². The van der Waals surface area contributed by atoms with Crippen LogP contribution in [0, 0.1) is 0 Å². The van der Waals surface area contributed by atoms with E-state index in [4.69, 9.17) is 23.2 Å². The van der Waals surface area contributed by atoms with Crippen LogP contribution in [-0.4, -0.2) is 5.91 Å². The van der Waals surface area contributed by atoms with Gasteiger partial charge in [0.15, 0.2) is 0 Å². The second-order valence-corrected chi connectivity index (χ2v) is 5.44. The van der Waals surface area contributed by atoms with Crippen molar-refractivity contribution in [2.75, 3.05) is 5.32 Å². The van der Waals surface area contributed by atoms with Gasteiger partial charge in [0.1, 0.15) is 0 Å². The van der Waals surface area contributed by atoms with Crippen molar-refractivity contribution in [1.82, 2.24) is 0 Å². The molecule has 2 rings (SSSR count). The lowest BCUT2D eigenvalue weighted by Gasteiger charge is -2.07. The number of hydrogen-bond donors (Lipinski definition) is 1. The highest BCUT2D eigenvalue weighted by Gasteiger charge is 2.07. The average Bonchev–Trinajstić information content (AvgIpc) is 2.43. The molecule has 0 aliphatic heterocycles. The standard InChI is InChI=1S/C14H10BrCl2NO/c15-12-7-11(5-6-13(12)17)18-14(19)10-3-1-9(8-16)2-4-10/h1-7H,8H2,(H,18,19). The molecule has 0 saturated carbocycles. The van der Waals surface area contributed by atoms with Crippen molar-refractivity contribution in [2.45, 2.75) is 5.88 Å². The molecule has 0 bridgehead atoms. The minimum absolute atomic E-state index is 0.171. The fourth-order valence-corrected chi connectivity index (χ4v) is 2.20. The first-order valence-electron chi connectivity index (χ1n) is 5.51. The van der Waals surface area contributed by atoms with Gasteiger partial charge >= 0.3 is 0 Å². The van der Waals surface area contributed by atoms with Crippen LogP contribution in [0.1, 0.15) is 15.9 Å². The Labute approximate surface area is 129 Å². The average molecular weight is 359 g/mol. The summed E-state index contributed by atoms with van der Waals surface area (Å²) in [5.41, 5.74) is 2.25. The summed E-state index contributed by atoms with van der Waals surface area (Å²) < 4.78 is 0.740. The van der Waals surface area contributed by atoms with E-state index in [2.05, 4.69) is 21.2 Å². The Kier molecular flexibility index (Phi) is 4.86. The first-order valence-corrected chi connectivity index (χ1v) is 7.22. The van der Waals surface area contributed by atoms with E-state index in [0.717, 1.165) is 10.0 Å². The minimum Gasteiger partial charge on any atom is -0.322 e. The van der Waals surface area contributed by atoms with Gasteiger partial charge in [-0.15, -0.1) is 11.6 Å². The van der Waals surface area contributed by atoms with Gasteiger partial charge in [-0.05, 0) is 51.8 Å². The maximum absolute atomic E-state index is 12.0. The number of alkyl halides is 1. The predicted octanol–water partition coefficient (Wildman–Crippen LogP) is 5.09. The third-order valence-corrected chi connectivity index (χ3v) is 4.07. The van der Waals surface area contributed by atoms with Crippen molar-refractivity contribution in [2.24, 2.45) is 0 Å². The lowest BCUT2D eigenvalue weighted by Crippen LogP contribution is -2.11. The van der Waals surface area contributed by atoms with Crippen molar-refractivity contribution in [3.63, 3.8) is 0 Å². The summed E-state index contributed by atoms with van der Waals surface area (Å²) in [5.74, 6) is 0.266. The molecule has 2 aromatic carbocycles. The zero-order valence-electron chi connectivity index (χ0n) is 9.79. The van der Waals surface area contributed by atoms with Crippen LogP contribution in [-0.2, 0) is 5.88 Å². The Balaban J connectivity index is 2.13. The zero-order chi connectivity index (χ0) is 13.8. The van der Waals surface area contributed by atoms with E-state index in [0.29, 0.717) is 22.2 Å². The number of carbonyl (C=O) groups is 1. The van der Waals surface area contributed by atoms with Gasteiger partial charge in [-0.1, -0.05) is 23.7 Å². The lowest BCUT2D eigenvalue weighted by atomic mass is 10.1. The maximum Gasteiger partial charge on any atom is 0.255 e. The summed E-state index contributed by atoms with van der Waals surface area (Å²) in [7, 11) is 0. The van der Waals surface area contributed by atoms with E-state index >= 15 is 0 Å². The largest absolute Gasteiger partial charge is 0.322 e. The topological polar surface area (TPSA) is 29.1 Å². The summed E-state index contributed by atoms with van der Waals surface area (Å²) in [5, 5.41) is 3.40. The van der Waals surface area contributed by atoms with Gasteiger partial charge in [-0.25, -0.2) is 0 Å². The van der Waals surface area contributed by atoms with Gasteiger partial charge in [0, 0.05) is 21.6 Å². The molecule has 2 aromatic rings. The van der Waals surface area contributed by atoms with Gasteiger partial charge in [0.25, 0.3) is 5.91 Å². The summed E-state index contributed by atoms with van der Waals surface area (Å²) in [6.07, 6.45) is 0. The molecule has 0 atom stereocenters. The van der Waals surface area contributed by atoms with E-state index in [1.165, 1.54) is 0 Å². The molecule has 98 valence electrons. The number of halogens is 3. The van der Waals surface area contributed by atoms with Crippen LogP contribution >= 0.6 is 39.1 Å². The summed E-state index contributed by atoms with van der Waals surface area (Å²) in [6.45, 7) is 0. The summed E-state index contributed by atoms with van der Waals surface area (Å²) >= 11 is 14.9. The Morgan fingerprint density at radius 2 is 1.84 bits per heavy atom. The molecular weight excluding hydrogens is 349 g/mol. The Morgan fingerprint density at radius 3 is 2.42 bits per heavy atom. The highest BCUT2D eigenvalue weighted by Crippen LogP contribution is 2.25. The number of hydrogen-bond acceptors (Lipinski definition) is 1. The van der Waals surface area contributed by atoms with E-state index < -0.39 is 0 Å². The zero-order valence-corrected chi connectivity index (χ0v) is 12.9. The SMILES string of the molecule is O=C(Nc1ccc(Cl)c(Br)c1)c1ccc(CCl)cc1. The van der Waals surface area contributed by atoms with Gasteiger partial charge < -0.3 is 5.32 Å². The third kappa shape index (κ3) is 3.72. The van der Waals surface area contributed by atoms with Crippen LogP contribution in [0.25, 0.3) is 0 Å². The highest BCUT2D eigenvalue weighted by molar-refractivity contribution is 9.10. The monoisotopic (exact) mass is 357 g/mol. The molecule has 0 aliphatic rings. The van der Waals surface area contributed by atoms with E-state index in [9.17, 15) is 4.79 Å². The predicted molar refractivity (Wildman–Crippen MR) is 83.1 cm³/mol. The fourth-order valence-electron chi connectivity index (χ4n) is 1.52. The smallest absolute Gasteiger partial charge is 0.255 e. The van der Waals surface area contributed by atoms with Crippen molar-refractivity contribution in [3.05, 3.63) is 63.1 Å². The molecule has 0 aromatic heterocycles. The number of benzene rings is 2. The van der Waals surface area contributed by atoms with Crippen LogP contribution in [0.5, 0.6) is 0 Å². The van der Waals surface area contributed by atoms with Crippen molar-refractivity contribution in [1.29, 1.82) is 0 Å². The molecule has 1 amide bonds. The summed E-state index contributed by atoms with van der Waals surface area (Å²) in [6, 6.07) is 12.4. The minimum atomic E-state index is -0.171. The van der Waals surface area contributed by atoms with E-state index in [1.807, 2.05) is 12.1 Å². The van der Waals surface area contributed by atoms with Crippen molar-refractivity contribution < 1.29 is 4.79 Å². The van der Waals surface area contributed by atoms with Gasteiger partial charge in [-0.3, -0.25) is 4.79 Å². The molecule has 0 radical (unpaired) electrons. The Bertz CT molecular complexity index is 599. The number of rotatable bonds is 3. The Morgan fingerprint density at radius 1 is 1.16 bits per heavy atom. The maximum atomic E-state index is 12.0. The molecule has 1 N–H and O–H groups in total. The van der Waals surface area contributed by atoms with Crippen molar-refractivity contribution >= 4 is 50.7 Å². The van der Waals surface area contributed by atoms with E-state index in [-0.39, 0.29) is 5.91 Å². The molecule has 0 unspecified atom stereocenters. The normalized spacial score (nSPS) is 10.3. The van der Waals surface area contributed by atoms with Crippen LogP contribution in [0.4, 0.5) is 5.69 Å². The van der Waals surface area contributed by atoms with E-state index in [1.54, 1.807) is 30.3 Å². The molecule has 2 nitrogen and oxygen atoms in total. The highest BCUT2D eigenvalue weighted by atomic mass is 79.9. The Hall–Kier alpha value is -1.03. The van der Waals surface area contributed by atoms with Gasteiger partial charge in [0.2, 0.25) is 0 Å². The molecule has 0 fully saturated rings. The molecule has 5 heteroatoms. The number of amides is 1. The molecular formula is C14H10BrCl2NO. The molecule has 0 aliphatic carbocycles. The second kappa shape index (κ2) is 6.42. The van der Waals surface area contributed by atoms with Gasteiger partial charge in [0.05, 0.1) is 5.02 Å². The first-order chi connectivity index (χ1) is 9.10. The third-order valence-electron chi connectivity index (χ3n) is 2.55.